The van der Waals surface area contributed by atoms with E-state index in [9.17, 15) is 4.79 Å². The molecule has 0 amide bonds. The Morgan fingerprint density at radius 2 is 2.00 bits per heavy atom. The Balaban J connectivity index is 4.22. The summed E-state index contributed by atoms with van der Waals surface area (Å²) in [5, 5.41) is 8.71. The Labute approximate surface area is 67.4 Å². The van der Waals surface area contributed by atoms with Crippen molar-refractivity contribution in [1.29, 1.82) is 0 Å². The topological polar surface area (TPSA) is 46.5 Å². The Kier molecular flexibility index (Phi) is 3.52. The molecule has 0 rings (SSSR count). The summed E-state index contributed by atoms with van der Waals surface area (Å²) in [4.78, 5) is 10.6. The van der Waals surface area contributed by atoms with Crippen molar-refractivity contribution in [3.63, 3.8) is 0 Å². The average Bonchev–Trinajstić information content (AvgIpc) is 1.79. The molecule has 0 radical (unpaired) electrons. The zero-order valence-corrected chi connectivity index (χ0v) is 7.55. The van der Waals surface area contributed by atoms with Crippen molar-refractivity contribution in [3.8, 4) is 0 Å². The maximum Gasteiger partial charge on any atom is 0.333 e. The molecule has 0 aromatic rings. The first kappa shape index (κ1) is 10.4. The van der Waals surface area contributed by atoms with Crippen molar-refractivity contribution in [3.05, 3.63) is 0 Å². The number of rotatable bonds is 3. The molecule has 1 N–H and O–H groups in total. The Bertz CT molecular complexity index is 135. The quantitative estimate of drug-likeness (QED) is 0.681. The van der Waals surface area contributed by atoms with Crippen LogP contribution in [0.5, 0.6) is 0 Å². The number of ether oxygens (including phenoxy) is 1. The highest BCUT2D eigenvalue weighted by Gasteiger charge is 2.31. The summed E-state index contributed by atoms with van der Waals surface area (Å²) in [6.45, 7) is 7.78. The number of aliphatic carboxylic acids is 1. The molecular formula is C8H16O3. The van der Waals surface area contributed by atoms with Crippen LogP contribution in [0.15, 0.2) is 0 Å². The van der Waals surface area contributed by atoms with Crippen molar-refractivity contribution in [2.45, 2.75) is 33.8 Å². The minimum absolute atomic E-state index is 0.332. The van der Waals surface area contributed by atoms with Gasteiger partial charge in [-0.15, -0.1) is 0 Å². The van der Waals surface area contributed by atoms with Gasteiger partial charge < -0.3 is 9.84 Å². The van der Waals surface area contributed by atoms with Crippen molar-refractivity contribution in [2.24, 2.45) is 5.41 Å². The van der Waals surface area contributed by atoms with Gasteiger partial charge in [-0.1, -0.05) is 20.8 Å². The lowest BCUT2D eigenvalue weighted by Gasteiger charge is -2.26. The molecule has 0 saturated carbocycles. The van der Waals surface area contributed by atoms with Gasteiger partial charge >= 0.3 is 5.97 Å². The first-order chi connectivity index (χ1) is 4.89. The van der Waals surface area contributed by atoms with Crippen LogP contribution in [0.3, 0.4) is 0 Å². The summed E-state index contributed by atoms with van der Waals surface area (Å²) in [5.74, 6) is -0.889. The van der Waals surface area contributed by atoms with E-state index in [1.165, 1.54) is 0 Å². The van der Waals surface area contributed by atoms with Crippen molar-refractivity contribution >= 4 is 5.97 Å². The fraction of sp³-hybridized carbons (Fsp3) is 0.875. The Morgan fingerprint density at radius 3 is 2.09 bits per heavy atom. The molecule has 0 aliphatic carbocycles. The van der Waals surface area contributed by atoms with Crippen LogP contribution in [-0.4, -0.2) is 23.8 Å². The fourth-order valence-electron chi connectivity index (χ4n) is 0.858. The average molecular weight is 160 g/mol. The van der Waals surface area contributed by atoms with E-state index in [2.05, 4.69) is 0 Å². The van der Waals surface area contributed by atoms with Crippen LogP contribution in [0.25, 0.3) is 0 Å². The van der Waals surface area contributed by atoms with Gasteiger partial charge in [0.05, 0.1) is 0 Å². The maximum absolute atomic E-state index is 10.6. The third kappa shape index (κ3) is 3.37. The number of carboxylic acids is 1. The summed E-state index contributed by atoms with van der Waals surface area (Å²) in [7, 11) is 0. The first-order valence-corrected chi connectivity index (χ1v) is 3.74. The third-order valence-corrected chi connectivity index (χ3v) is 1.34. The molecule has 1 atom stereocenters. The highest BCUT2D eigenvalue weighted by atomic mass is 16.5. The first-order valence-electron chi connectivity index (χ1n) is 3.74. The number of hydrogen-bond donors (Lipinski definition) is 1. The molecule has 3 nitrogen and oxygen atoms in total. The zero-order chi connectivity index (χ0) is 9.07. The molecule has 0 aliphatic rings. The number of hydrogen-bond acceptors (Lipinski definition) is 2. The normalized spacial score (nSPS) is 14.5. The van der Waals surface area contributed by atoms with Gasteiger partial charge in [0, 0.05) is 6.61 Å². The second-order valence-electron chi connectivity index (χ2n) is 3.54. The van der Waals surface area contributed by atoms with E-state index in [0.717, 1.165) is 0 Å². The number of carboxylic acid groups (broad SMARTS) is 1. The Morgan fingerprint density at radius 1 is 1.55 bits per heavy atom. The molecule has 0 unspecified atom stereocenters. The van der Waals surface area contributed by atoms with E-state index in [0.29, 0.717) is 6.61 Å². The van der Waals surface area contributed by atoms with Crippen LogP contribution < -0.4 is 0 Å². The largest absolute Gasteiger partial charge is 0.479 e. The van der Waals surface area contributed by atoms with Crippen LogP contribution in [0.1, 0.15) is 27.7 Å². The Hall–Kier alpha value is -0.570. The molecule has 0 spiro atoms. The second-order valence-corrected chi connectivity index (χ2v) is 3.54. The molecule has 0 heterocycles. The number of carbonyl (C=O) groups is 1. The van der Waals surface area contributed by atoms with Gasteiger partial charge in [-0.05, 0) is 12.3 Å². The standard InChI is InChI=1S/C8H16O3/c1-5-11-6(7(9)10)8(2,3)4/h6H,5H2,1-4H3,(H,9,10)/t6-/m1/s1. The molecule has 0 bridgehead atoms. The van der Waals surface area contributed by atoms with Crippen LogP contribution in [-0.2, 0) is 9.53 Å². The summed E-state index contributed by atoms with van der Waals surface area (Å²) >= 11 is 0. The minimum Gasteiger partial charge on any atom is -0.479 e. The van der Waals surface area contributed by atoms with Crippen LogP contribution in [0.2, 0.25) is 0 Å². The van der Waals surface area contributed by atoms with Crippen LogP contribution in [0, 0.1) is 5.41 Å². The monoisotopic (exact) mass is 160 g/mol. The molecule has 0 aromatic carbocycles. The van der Waals surface area contributed by atoms with Gasteiger partial charge in [0.2, 0.25) is 0 Å². The van der Waals surface area contributed by atoms with E-state index in [-0.39, 0.29) is 5.41 Å². The molecule has 0 saturated heterocycles. The summed E-state index contributed by atoms with van der Waals surface area (Å²) in [6.07, 6.45) is -0.701. The van der Waals surface area contributed by atoms with Gasteiger partial charge in [0.1, 0.15) is 0 Å². The fourth-order valence-corrected chi connectivity index (χ4v) is 0.858. The second kappa shape index (κ2) is 3.72. The zero-order valence-electron chi connectivity index (χ0n) is 7.55. The lowest BCUT2D eigenvalue weighted by molar-refractivity contribution is -0.157. The van der Waals surface area contributed by atoms with E-state index < -0.39 is 12.1 Å². The van der Waals surface area contributed by atoms with Gasteiger partial charge in [0.25, 0.3) is 0 Å². The van der Waals surface area contributed by atoms with E-state index >= 15 is 0 Å². The summed E-state index contributed by atoms with van der Waals surface area (Å²) in [5.41, 5.74) is -0.332. The van der Waals surface area contributed by atoms with Gasteiger partial charge in [-0.2, -0.15) is 0 Å². The van der Waals surface area contributed by atoms with Crippen LogP contribution in [0.4, 0.5) is 0 Å². The molecular weight excluding hydrogens is 144 g/mol. The molecule has 0 aliphatic heterocycles. The summed E-state index contributed by atoms with van der Waals surface area (Å²) < 4.78 is 5.07. The highest BCUT2D eigenvalue weighted by molar-refractivity contribution is 5.73. The highest BCUT2D eigenvalue weighted by Crippen LogP contribution is 2.22. The summed E-state index contributed by atoms with van der Waals surface area (Å²) in [6, 6.07) is 0. The van der Waals surface area contributed by atoms with Gasteiger partial charge in [-0.3, -0.25) is 0 Å². The van der Waals surface area contributed by atoms with Crippen molar-refractivity contribution in [1.82, 2.24) is 0 Å². The van der Waals surface area contributed by atoms with E-state index in [4.69, 9.17) is 9.84 Å². The predicted molar refractivity (Wildman–Crippen MR) is 42.5 cm³/mol. The van der Waals surface area contributed by atoms with E-state index in [1.54, 1.807) is 6.92 Å². The van der Waals surface area contributed by atoms with Crippen molar-refractivity contribution < 1.29 is 14.6 Å². The van der Waals surface area contributed by atoms with Crippen LogP contribution >= 0.6 is 0 Å². The SMILES string of the molecule is CCO[C@H](C(=O)O)C(C)(C)C. The third-order valence-electron chi connectivity index (χ3n) is 1.34. The smallest absolute Gasteiger partial charge is 0.333 e. The predicted octanol–water partition coefficient (Wildman–Crippen LogP) is 1.52. The molecule has 3 heteroatoms. The lowest BCUT2D eigenvalue weighted by atomic mass is 9.89. The minimum atomic E-state index is -0.889. The lowest BCUT2D eigenvalue weighted by Crippen LogP contribution is -2.36. The molecule has 66 valence electrons. The molecule has 0 fully saturated rings. The maximum atomic E-state index is 10.6. The van der Waals surface area contributed by atoms with Gasteiger partial charge in [-0.25, -0.2) is 4.79 Å². The molecule has 0 aromatic heterocycles. The van der Waals surface area contributed by atoms with Crippen molar-refractivity contribution in [2.75, 3.05) is 6.61 Å². The van der Waals surface area contributed by atoms with E-state index in [1.807, 2.05) is 20.8 Å². The molecule has 11 heavy (non-hydrogen) atoms. The van der Waals surface area contributed by atoms with Gasteiger partial charge in [0.15, 0.2) is 6.10 Å².